The normalized spacial score (nSPS) is 15.0. The predicted octanol–water partition coefficient (Wildman–Crippen LogP) is 5.70. The van der Waals surface area contributed by atoms with Gasteiger partial charge in [0.15, 0.2) is 6.54 Å². The molecule has 0 saturated carbocycles. The van der Waals surface area contributed by atoms with Crippen molar-refractivity contribution in [3.05, 3.63) is 112 Å². The smallest absolute Gasteiger partial charge is 0.269 e. The first-order valence-corrected chi connectivity index (χ1v) is 24.3. The van der Waals surface area contributed by atoms with Gasteiger partial charge in [-0.3, -0.25) is 13.9 Å². The quantitative estimate of drug-likeness (QED) is 0.110. The molecular weight excluding hydrogens is 809 g/mol. The maximum Gasteiger partial charge on any atom is 0.269 e. The third-order valence-electron chi connectivity index (χ3n) is 9.13. The van der Waals surface area contributed by atoms with Gasteiger partial charge in [0, 0.05) is 35.7 Å². The lowest BCUT2D eigenvalue weighted by Crippen LogP contribution is -2.39. The number of aryl methyl sites for hydroxylation is 1. The highest BCUT2D eigenvalue weighted by Crippen LogP contribution is 2.45. The van der Waals surface area contributed by atoms with E-state index in [2.05, 4.69) is 25.7 Å². The lowest BCUT2D eigenvalue weighted by Gasteiger charge is -2.23. The van der Waals surface area contributed by atoms with E-state index in [1.807, 2.05) is 103 Å². The molecule has 56 heavy (non-hydrogen) atoms. The van der Waals surface area contributed by atoms with Crippen LogP contribution in [0, 0.1) is 6.92 Å². The molecule has 1 aliphatic rings. The fourth-order valence-corrected chi connectivity index (χ4v) is 10.7. The van der Waals surface area contributed by atoms with E-state index in [4.69, 9.17) is 0 Å². The van der Waals surface area contributed by atoms with Gasteiger partial charge in [-0.1, -0.05) is 92.4 Å². The van der Waals surface area contributed by atoms with E-state index in [9.17, 15) is 30.7 Å². The van der Waals surface area contributed by atoms with E-state index >= 15 is 0 Å². The average Bonchev–Trinajstić information content (AvgIpc) is 3.75. The van der Waals surface area contributed by atoms with Crippen molar-refractivity contribution in [2.75, 3.05) is 37.7 Å². The van der Waals surface area contributed by atoms with Crippen LogP contribution >= 0.6 is 34.4 Å². The molecule has 5 rings (SSSR count). The number of hydrogen-bond donors (Lipinski definition) is 1. The van der Waals surface area contributed by atoms with Crippen LogP contribution in [-0.2, 0) is 33.3 Å². The van der Waals surface area contributed by atoms with Crippen molar-refractivity contribution in [2.45, 2.75) is 67.5 Å². The second-order valence-corrected chi connectivity index (χ2v) is 19.6. The van der Waals surface area contributed by atoms with Crippen LogP contribution in [-0.4, -0.2) is 78.0 Å². The molecular formula is C40H52N4O7S5. The fraction of sp³-hybridized carbons (Fsp3) is 0.400. The van der Waals surface area contributed by atoms with Gasteiger partial charge >= 0.3 is 0 Å². The van der Waals surface area contributed by atoms with Gasteiger partial charge in [-0.05, 0) is 76.7 Å². The van der Waals surface area contributed by atoms with Crippen molar-refractivity contribution < 1.29 is 30.5 Å². The lowest BCUT2D eigenvalue weighted by molar-refractivity contribution is -0.683. The second kappa shape index (κ2) is 20.9. The summed E-state index contributed by atoms with van der Waals surface area (Å²) in [6.07, 6.45) is 5.98. The number of aromatic nitrogens is 2. The number of thiazole rings is 2. The molecule has 0 bridgehead atoms. The Hall–Kier alpha value is -3.35. The molecule has 304 valence electrons. The van der Waals surface area contributed by atoms with Gasteiger partial charge < -0.3 is 14.4 Å². The van der Waals surface area contributed by atoms with Crippen LogP contribution in [0.2, 0.25) is 0 Å². The zero-order chi connectivity index (χ0) is 41.0. The highest BCUT2D eigenvalue weighted by molar-refractivity contribution is 8.07. The Morgan fingerprint density at radius 1 is 0.839 bits per heavy atom. The number of allylic oxidation sites excluding steroid dienone is 2. The van der Waals surface area contributed by atoms with Crippen molar-refractivity contribution in [3.63, 3.8) is 0 Å². The molecule has 0 aliphatic carbocycles. The summed E-state index contributed by atoms with van der Waals surface area (Å²) >= 11 is 4.42. The predicted molar refractivity (Wildman–Crippen MR) is 231 cm³/mol. The van der Waals surface area contributed by atoms with Crippen LogP contribution in [0.4, 0.5) is 0 Å². The molecule has 4 aromatic rings. The van der Waals surface area contributed by atoms with E-state index in [0.29, 0.717) is 24.2 Å². The standard InChI is InChI=1S/C34H37N3O7S5.C6H15N/c1-4-35-30(23-31-37(20-12-22-49(42,43)44)33(25(3)46-31)27-15-9-6-10-16-27)47-28(34(35)38)17-18-29-36(19-11-21-48(39,40)41)32(24(2)45-29)26-13-7-5-8-14-26;1-4-7(5-2)6-3/h5-10,13-18,23H,4,11-12,19-22H2,1-3H3,(H-,39,40,41,42,43,44);4-6H2,1-3H3. The molecule has 3 heterocycles. The third kappa shape index (κ3) is 12.6. The van der Waals surface area contributed by atoms with Gasteiger partial charge in [0.05, 0.1) is 42.1 Å². The van der Waals surface area contributed by atoms with Crippen molar-refractivity contribution in [1.29, 1.82) is 0 Å². The van der Waals surface area contributed by atoms with Gasteiger partial charge in [0.1, 0.15) is 4.66 Å². The van der Waals surface area contributed by atoms with E-state index in [-0.39, 0.29) is 24.2 Å². The molecule has 11 nitrogen and oxygen atoms in total. The summed E-state index contributed by atoms with van der Waals surface area (Å²) in [4.78, 5) is 20.1. The summed E-state index contributed by atoms with van der Waals surface area (Å²) in [6, 6.07) is 19.6. The molecule has 0 radical (unpaired) electrons. The highest BCUT2D eigenvalue weighted by Gasteiger charge is 2.27. The number of benzene rings is 2. The summed E-state index contributed by atoms with van der Waals surface area (Å²) in [5.41, 5.74) is 3.68. The summed E-state index contributed by atoms with van der Waals surface area (Å²) in [6.45, 7) is 17.1. The lowest BCUT2D eigenvalue weighted by atomic mass is 10.1. The fourth-order valence-electron chi connectivity index (χ4n) is 6.39. The Morgan fingerprint density at radius 3 is 1.98 bits per heavy atom. The third-order valence-corrected chi connectivity index (χ3v) is 13.9. The average molecular weight is 861 g/mol. The van der Waals surface area contributed by atoms with E-state index < -0.39 is 26.0 Å². The minimum absolute atomic E-state index is 0.148. The molecule has 2 aromatic heterocycles. The minimum Gasteiger partial charge on any atom is -0.748 e. The number of hydrogen-bond acceptors (Lipinski definition) is 11. The number of thioether (sulfide) groups is 1. The summed E-state index contributed by atoms with van der Waals surface area (Å²) < 4.78 is 71.5. The molecule has 0 spiro atoms. The Bertz CT molecular complexity index is 2390. The first kappa shape index (κ1) is 45.4. The maximum atomic E-state index is 13.7. The van der Waals surface area contributed by atoms with Crippen molar-refractivity contribution >= 4 is 72.5 Å². The molecule has 0 atom stereocenters. The van der Waals surface area contributed by atoms with E-state index in [1.165, 1.54) is 54.1 Å². The van der Waals surface area contributed by atoms with Gasteiger partial charge in [-0.2, -0.15) is 13.0 Å². The first-order chi connectivity index (χ1) is 26.6. The van der Waals surface area contributed by atoms with Crippen molar-refractivity contribution in [3.8, 4) is 11.3 Å². The van der Waals surface area contributed by atoms with Gasteiger partial charge in [0.2, 0.25) is 5.69 Å². The second-order valence-electron chi connectivity index (χ2n) is 12.9. The zero-order valence-electron chi connectivity index (χ0n) is 32.8. The van der Waals surface area contributed by atoms with Gasteiger partial charge in [-0.15, -0.1) is 11.3 Å². The Balaban J connectivity index is 0.000000908. The minimum atomic E-state index is -4.37. The van der Waals surface area contributed by atoms with Crippen LogP contribution < -0.4 is 19.3 Å². The molecule has 1 aliphatic heterocycles. The van der Waals surface area contributed by atoms with Crippen molar-refractivity contribution in [2.24, 2.45) is 0 Å². The molecule has 0 amide bonds. The van der Waals surface area contributed by atoms with Crippen LogP contribution in [0.25, 0.3) is 29.1 Å². The maximum absolute atomic E-state index is 13.7. The molecule has 0 fully saturated rings. The Kier molecular flexibility index (Phi) is 16.9. The monoisotopic (exact) mass is 860 g/mol. The van der Waals surface area contributed by atoms with Crippen LogP contribution in [0.15, 0.2) is 81.5 Å². The molecule has 1 N–H and O–H groups in total. The van der Waals surface area contributed by atoms with Crippen molar-refractivity contribution in [1.82, 2.24) is 14.4 Å². The summed E-state index contributed by atoms with van der Waals surface area (Å²) in [5.74, 6) is -0.835. The van der Waals surface area contributed by atoms with Crippen LogP contribution in [0.1, 0.15) is 62.9 Å². The van der Waals surface area contributed by atoms with E-state index in [0.717, 1.165) is 47.0 Å². The van der Waals surface area contributed by atoms with Crippen LogP contribution in [0.3, 0.4) is 0 Å². The first-order valence-electron chi connectivity index (χ1n) is 18.6. The summed E-state index contributed by atoms with van der Waals surface area (Å²) in [7, 11) is -8.49. The highest BCUT2D eigenvalue weighted by atomic mass is 32.2. The van der Waals surface area contributed by atoms with Gasteiger partial charge in [0.25, 0.3) is 20.7 Å². The topological polar surface area (TPSA) is 144 Å². The number of nitrogens with zero attached hydrogens (tertiary/aromatic N) is 4. The Morgan fingerprint density at radius 2 is 1.45 bits per heavy atom. The van der Waals surface area contributed by atoms with E-state index in [1.54, 1.807) is 10.6 Å². The largest absolute Gasteiger partial charge is 0.748 e. The molecule has 0 unspecified atom stereocenters. The van der Waals surface area contributed by atoms with Crippen LogP contribution in [0.5, 0.6) is 0 Å². The molecule has 0 saturated heterocycles. The zero-order valence-corrected chi connectivity index (χ0v) is 36.9. The Labute approximate surface area is 343 Å². The molecule has 2 aromatic carbocycles. The SMILES string of the molecule is CCN(CC)CC.CCn1c(=O)c(=CC=C2SC(C)=C(c3ccccc3)N2CCCS(=O)(=O)O)s/c1=C\c1sc(C)c(-c2ccccc2)[n+]1CCCS(=O)(=O)[O-]. The summed E-state index contributed by atoms with van der Waals surface area (Å²) in [5, 5.41) is 1.66. The van der Waals surface area contributed by atoms with Gasteiger partial charge in [-0.25, -0.2) is 8.42 Å². The number of rotatable bonds is 16. The molecule has 16 heteroatoms.